The van der Waals surface area contributed by atoms with Crippen LogP contribution in [0.4, 0.5) is 15.8 Å². The number of hydrogen-bond acceptors (Lipinski definition) is 6. The zero-order valence-corrected chi connectivity index (χ0v) is 24.3. The normalized spacial score (nSPS) is 17.1. The third-order valence-corrected chi connectivity index (χ3v) is 7.89. The van der Waals surface area contributed by atoms with Gasteiger partial charge in [0, 0.05) is 41.1 Å². The van der Waals surface area contributed by atoms with E-state index in [0.717, 1.165) is 5.56 Å². The van der Waals surface area contributed by atoms with E-state index in [2.05, 4.69) is 16.2 Å². The molecule has 8 heteroatoms. The van der Waals surface area contributed by atoms with Gasteiger partial charge in [0.15, 0.2) is 5.78 Å². The van der Waals surface area contributed by atoms with Gasteiger partial charge in [-0.25, -0.2) is 9.37 Å². The van der Waals surface area contributed by atoms with Crippen LogP contribution in [0.15, 0.2) is 96.3 Å². The first-order valence-corrected chi connectivity index (χ1v) is 14.2. The number of ether oxygens (including phenoxy) is 1. The lowest BCUT2D eigenvalue weighted by Crippen LogP contribution is -2.40. The summed E-state index contributed by atoms with van der Waals surface area (Å²) in [5.74, 6) is 1.19. The topological polar surface area (TPSA) is 91.8 Å². The molecule has 0 unspecified atom stereocenters. The number of carbonyl (C=O) groups is 2. The molecule has 0 radical (unpaired) electrons. The molecular formula is C36H30FN3O4. The Hall–Kier alpha value is -5.42. The summed E-state index contributed by atoms with van der Waals surface area (Å²) in [5, 5.41) is 14.2. The average Bonchev–Trinajstić information content (AvgIpc) is 3.15. The fraction of sp³-hybridized carbons (Fsp3) is 0.194. The highest BCUT2D eigenvalue weighted by Gasteiger charge is 2.45. The van der Waals surface area contributed by atoms with Crippen LogP contribution in [0.1, 0.15) is 59.9 Å². The number of para-hydroxylation sites is 1. The van der Waals surface area contributed by atoms with Crippen molar-refractivity contribution in [3.63, 3.8) is 0 Å². The van der Waals surface area contributed by atoms with Crippen LogP contribution >= 0.6 is 0 Å². The summed E-state index contributed by atoms with van der Waals surface area (Å²) in [4.78, 5) is 34.0. The molecular weight excluding hydrogens is 557 g/mol. The van der Waals surface area contributed by atoms with Crippen LogP contribution in [0.25, 0.3) is 0 Å². The molecule has 0 spiro atoms. The molecule has 0 fully saturated rings. The zero-order valence-electron chi connectivity index (χ0n) is 24.3. The van der Waals surface area contributed by atoms with E-state index >= 15 is 4.39 Å². The number of allylic oxidation sites excluding steroid dienone is 1. The summed E-state index contributed by atoms with van der Waals surface area (Å²) in [6.45, 7) is 4.19. The van der Waals surface area contributed by atoms with Gasteiger partial charge in [0.2, 0.25) is 0 Å². The first-order valence-electron chi connectivity index (χ1n) is 14.2. The summed E-state index contributed by atoms with van der Waals surface area (Å²) in [5.41, 5.74) is 2.44. The highest BCUT2D eigenvalue weighted by molar-refractivity contribution is 6.11. The highest BCUT2D eigenvalue weighted by atomic mass is 19.1. The van der Waals surface area contributed by atoms with Crippen LogP contribution < -0.4 is 15.0 Å². The van der Waals surface area contributed by atoms with Crippen LogP contribution in [0.2, 0.25) is 0 Å². The number of nitrogens with zero attached hydrogens (tertiary/aromatic N) is 2. The minimum Gasteiger partial charge on any atom is -0.506 e. The van der Waals surface area contributed by atoms with Gasteiger partial charge in [-0.3, -0.25) is 14.5 Å². The number of rotatable bonds is 5. The molecule has 3 aromatic carbocycles. The number of phenolic OH excluding ortho intramolecular Hbond substituents is 1. The number of phenols is 1. The number of anilines is 2. The fourth-order valence-electron chi connectivity index (χ4n) is 5.85. The van der Waals surface area contributed by atoms with Crippen molar-refractivity contribution in [2.24, 2.45) is 5.41 Å². The van der Waals surface area contributed by atoms with Gasteiger partial charge in [0.1, 0.15) is 35.3 Å². The summed E-state index contributed by atoms with van der Waals surface area (Å²) >= 11 is 0. The number of aromatic hydroxyl groups is 1. The number of terminal acetylenes is 1. The van der Waals surface area contributed by atoms with Gasteiger partial charge in [-0.1, -0.05) is 56.2 Å². The number of halogens is 1. The Labute approximate surface area is 255 Å². The fourth-order valence-corrected chi connectivity index (χ4v) is 5.85. The molecule has 0 saturated carbocycles. The molecule has 2 aliphatic rings. The van der Waals surface area contributed by atoms with Crippen LogP contribution in [-0.4, -0.2) is 21.8 Å². The Kier molecular flexibility index (Phi) is 7.40. The van der Waals surface area contributed by atoms with Crippen molar-refractivity contribution in [2.45, 2.75) is 39.3 Å². The lowest BCUT2D eigenvalue weighted by atomic mass is 9.73. The molecule has 1 aromatic heterocycles. The minimum absolute atomic E-state index is 0.0409. The van der Waals surface area contributed by atoms with E-state index < -0.39 is 23.2 Å². The van der Waals surface area contributed by atoms with Crippen LogP contribution in [0.3, 0.4) is 0 Å². The number of fused-ring (bicyclic) bond motifs is 1. The summed E-state index contributed by atoms with van der Waals surface area (Å²) in [6, 6.07) is 20.6. The van der Waals surface area contributed by atoms with Crippen molar-refractivity contribution in [1.82, 2.24) is 4.98 Å². The van der Waals surface area contributed by atoms with Gasteiger partial charge in [0.05, 0.1) is 11.7 Å². The first kappa shape index (κ1) is 28.7. The van der Waals surface area contributed by atoms with Crippen LogP contribution in [0, 0.1) is 23.6 Å². The second-order valence-corrected chi connectivity index (χ2v) is 11.7. The lowest BCUT2D eigenvalue weighted by Gasteiger charge is -2.37. The molecule has 1 aliphatic heterocycles. The number of hydrogen-bond donors (Lipinski definition) is 2. The Bertz CT molecular complexity index is 1840. The molecule has 1 amide bonds. The predicted octanol–water partition coefficient (Wildman–Crippen LogP) is 6.94. The molecule has 220 valence electrons. The average molecular weight is 588 g/mol. The molecule has 44 heavy (non-hydrogen) atoms. The van der Waals surface area contributed by atoms with Gasteiger partial charge in [-0.15, -0.1) is 6.42 Å². The second kappa shape index (κ2) is 11.3. The number of benzene rings is 3. The number of nitrogens with one attached hydrogen (secondary N) is 1. The van der Waals surface area contributed by atoms with Crippen molar-refractivity contribution in [2.75, 3.05) is 10.2 Å². The molecule has 0 bridgehead atoms. The SMILES string of the molecule is C#Cc1ccc(C(=O)N2c3cccc(O)c3NC3=C(C(=O)CC(C)(C)C3)[C@@H]2c2ccc(OCc3ccccc3)cc2F)nc1. The maximum Gasteiger partial charge on any atom is 0.277 e. The van der Waals surface area contributed by atoms with Gasteiger partial charge in [-0.05, 0) is 53.8 Å². The number of Topliss-reactive ketones (excluding diaryl/α,β-unsaturated/α-hetero) is 1. The van der Waals surface area contributed by atoms with Crippen molar-refractivity contribution in [1.29, 1.82) is 0 Å². The van der Waals surface area contributed by atoms with Gasteiger partial charge in [-0.2, -0.15) is 0 Å². The number of carbonyl (C=O) groups excluding carboxylic acids is 2. The third-order valence-electron chi connectivity index (χ3n) is 7.89. The second-order valence-electron chi connectivity index (χ2n) is 11.7. The van der Waals surface area contributed by atoms with Crippen LogP contribution in [-0.2, 0) is 11.4 Å². The Morgan fingerprint density at radius 1 is 1.11 bits per heavy atom. The molecule has 1 aliphatic carbocycles. The predicted molar refractivity (Wildman–Crippen MR) is 166 cm³/mol. The van der Waals surface area contributed by atoms with Crippen molar-refractivity contribution < 1.29 is 23.8 Å². The Balaban J connectivity index is 1.52. The summed E-state index contributed by atoms with van der Waals surface area (Å²) in [7, 11) is 0. The van der Waals surface area contributed by atoms with Crippen molar-refractivity contribution >= 4 is 23.1 Å². The van der Waals surface area contributed by atoms with Crippen molar-refractivity contribution in [3.05, 3.63) is 125 Å². The lowest BCUT2D eigenvalue weighted by molar-refractivity contribution is -0.118. The van der Waals surface area contributed by atoms with E-state index in [4.69, 9.17) is 11.2 Å². The van der Waals surface area contributed by atoms with E-state index in [9.17, 15) is 14.7 Å². The zero-order chi connectivity index (χ0) is 31.0. The number of ketones is 1. The number of amides is 1. The summed E-state index contributed by atoms with van der Waals surface area (Å²) < 4.78 is 22.1. The van der Waals surface area contributed by atoms with Gasteiger partial charge < -0.3 is 15.2 Å². The van der Waals surface area contributed by atoms with E-state index in [0.29, 0.717) is 23.4 Å². The maximum absolute atomic E-state index is 16.3. The molecule has 2 heterocycles. The van der Waals surface area contributed by atoms with Crippen molar-refractivity contribution in [3.8, 4) is 23.8 Å². The van der Waals surface area contributed by atoms with E-state index in [-0.39, 0.29) is 52.8 Å². The Morgan fingerprint density at radius 3 is 2.61 bits per heavy atom. The monoisotopic (exact) mass is 587 g/mol. The quantitative estimate of drug-likeness (QED) is 0.194. The smallest absolute Gasteiger partial charge is 0.277 e. The standard InChI is InChI=1S/C36H30FN3O4/c1-4-22-13-16-27(38-20-22)35(43)40-29-11-8-12-30(41)33(29)39-28-18-36(2,3)19-31(42)32(28)34(40)25-15-14-24(17-26(25)37)44-21-23-9-6-5-7-10-23/h1,5-17,20,34,39,41H,18-19,21H2,2-3H3/t34-/m0/s1. The van der Waals surface area contributed by atoms with E-state index in [1.165, 1.54) is 29.3 Å². The molecule has 4 aromatic rings. The van der Waals surface area contributed by atoms with Crippen LogP contribution in [0.5, 0.6) is 11.5 Å². The molecule has 0 saturated heterocycles. The first-order chi connectivity index (χ1) is 21.1. The highest BCUT2D eigenvalue weighted by Crippen LogP contribution is 2.51. The molecule has 1 atom stereocenters. The molecule has 6 rings (SSSR count). The number of aromatic nitrogens is 1. The third kappa shape index (κ3) is 5.40. The molecule has 7 nitrogen and oxygen atoms in total. The van der Waals surface area contributed by atoms with Gasteiger partial charge >= 0.3 is 0 Å². The number of pyridine rings is 1. The Morgan fingerprint density at radius 2 is 1.91 bits per heavy atom. The maximum atomic E-state index is 16.3. The minimum atomic E-state index is -1.17. The van der Waals surface area contributed by atoms with E-state index in [1.807, 2.05) is 44.2 Å². The largest absolute Gasteiger partial charge is 0.506 e. The summed E-state index contributed by atoms with van der Waals surface area (Å²) in [6.07, 6.45) is 7.53. The molecule has 2 N–H and O–H groups in total. The van der Waals surface area contributed by atoms with E-state index in [1.54, 1.807) is 30.3 Å². The van der Waals surface area contributed by atoms with Gasteiger partial charge in [0.25, 0.3) is 5.91 Å².